The molecule has 0 saturated carbocycles. The molecule has 0 amide bonds. The fourth-order valence-corrected chi connectivity index (χ4v) is 6.84. The summed E-state index contributed by atoms with van der Waals surface area (Å²) in [6, 6.07) is 11.3. The lowest BCUT2D eigenvalue weighted by Crippen LogP contribution is -2.29. The molecule has 5 nitrogen and oxygen atoms in total. The summed E-state index contributed by atoms with van der Waals surface area (Å²) >= 11 is 0. The van der Waals surface area contributed by atoms with Crippen LogP contribution in [0.2, 0.25) is 0 Å². The minimum atomic E-state index is -3.70. The topological polar surface area (TPSA) is 70.2 Å². The molecule has 0 spiro atoms. The maximum Gasteiger partial charge on any atom is 0.264 e. The summed E-state index contributed by atoms with van der Waals surface area (Å²) in [7, 11) is -3.70. The highest BCUT2D eigenvalue weighted by Gasteiger charge is 2.36. The van der Waals surface area contributed by atoms with Crippen molar-refractivity contribution in [1.29, 1.82) is 0 Å². The van der Waals surface area contributed by atoms with Crippen molar-refractivity contribution in [3.05, 3.63) is 58.8 Å². The van der Waals surface area contributed by atoms with E-state index in [-0.39, 0.29) is 11.2 Å². The van der Waals surface area contributed by atoms with Crippen molar-refractivity contribution in [2.24, 2.45) is 5.41 Å². The SMILES string of the molecule is CCc1cc2c3c([nH]c2cc1S(=O)(=O)N1CCc2ccccc21)CC(C)(C)CC3=O. The number of para-hydroxylation sites is 1. The molecule has 0 unspecified atom stereocenters. The van der Waals surface area contributed by atoms with E-state index in [1.165, 1.54) is 4.31 Å². The van der Waals surface area contributed by atoms with E-state index in [0.29, 0.717) is 24.3 Å². The number of aromatic nitrogens is 1. The van der Waals surface area contributed by atoms with Gasteiger partial charge in [-0.05, 0) is 54.0 Å². The van der Waals surface area contributed by atoms with Crippen molar-refractivity contribution >= 4 is 32.4 Å². The van der Waals surface area contributed by atoms with Crippen molar-refractivity contribution in [2.75, 3.05) is 10.8 Å². The fraction of sp³-hybridized carbons (Fsp3) is 0.375. The Balaban J connectivity index is 1.68. The van der Waals surface area contributed by atoms with E-state index >= 15 is 0 Å². The van der Waals surface area contributed by atoms with Crippen LogP contribution in [0.3, 0.4) is 0 Å². The monoisotopic (exact) mass is 422 g/mol. The minimum absolute atomic E-state index is 0.0906. The number of aromatic amines is 1. The predicted octanol–water partition coefficient (Wildman–Crippen LogP) is 4.64. The van der Waals surface area contributed by atoms with Gasteiger partial charge in [0.2, 0.25) is 0 Å². The first-order valence-corrected chi connectivity index (χ1v) is 12.0. The van der Waals surface area contributed by atoms with Crippen LogP contribution < -0.4 is 4.31 Å². The van der Waals surface area contributed by atoms with Crippen molar-refractivity contribution < 1.29 is 13.2 Å². The number of Topliss-reactive ketones (excluding diaryl/α,β-unsaturated/α-hetero) is 1. The number of nitrogens with one attached hydrogen (secondary N) is 1. The lowest BCUT2D eigenvalue weighted by Gasteiger charge is -2.28. The molecular formula is C24H26N2O3S. The summed E-state index contributed by atoms with van der Waals surface area (Å²) in [5.41, 5.74) is 4.89. The number of ketones is 1. The Hall–Kier alpha value is -2.60. The largest absolute Gasteiger partial charge is 0.358 e. The van der Waals surface area contributed by atoms with Crippen molar-refractivity contribution in [3.8, 4) is 0 Å². The molecule has 0 saturated heterocycles. The molecule has 156 valence electrons. The number of carbonyl (C=O) groups is 1. The molecule has 1 aromatic heterocycles. The number of benzene rings is 2. The first kappa shape index (κ1) is 19.4. The second kappa shape index (κ2) is 6.45. The molecular weight excluding hydrogens is 396 g/mol. The van der Waals surface area contributed by atoms with E-state index in [9.17, 15) is 13.2 Å². The van der Waals surface area contributed by atoms with Crippen molar-refractivity contribution in [3.63, 3.8) is 0 Å². The second-order valence-electron chi connectivity index (χ2n) is 9.23. The number of aryl methyl sites for hydroxylation is 1. The third kappa shape index (κ3) is 2.81. The third-order valence-corrected chi connectivity index (χ3v) is 8.32. The van der Waals surface area contributed by atoms with Crippen LogP contribution in [0.5, 0.6) is 0 Å². The van der Waals surface area contributed by atoms with Gasteiger partial charge in [-0.2, -0.15) is 0 Å². The first-order valence-electron chi connectivity index (χ1n) is 10.5. The predicted molar refractivity (Wildman–Crippen MR) is 119 cm³/mol. The van der Waals surface area contributed by atoms with Gasteiger partial charge >= 0.3 is 0 Å². The van der Waals surface area contributed by atoms with Gasteiger partial charge in [0.15, 0.2) is 5.78 Å². The Bertz CT molecular complexity index is 1300. The van der Waals surface area contributed by atoms with Crippen LogP contribution in [0.25, 0.3) is 10.9 Å². The van der Waals surface area contributed by atoms with Crippen molar-refractivity contribution in [2.45, 2.75) is 51.3 Å². The van der Waals surface area contributed by atoms with Crippen LogP contribution >= 0.6 is 0 Å². The van der Waals surface area contributed by atoms with E-state index in [1.807, 2.05) is 37.3 Å². The number of fused-ring (bicyclic) bond motifs is 4. The standard InChI is InChI=1S/C24H26N2O3S/c1-4-15-11-17-18(25-19-13-24(2,3)14-21(27)23(17)19)12-22(15)30(28,29)26-10-9-16-7-5-6-8-20(16)26/h5-8,11-12,25H,4,9-10,13-14H2,1-3H3. The smallest absolute Gasteiger partial charge is 0.264 e. The molecule has 30 heavy (non-hydrogen) atoms. The van der Waals surface area contributed by atoms with Crippen LogP contribution in [0.1, 0.15) is 54.4 Å². The molecule has 1 N–H and O–H groups in total. The Morgan fingerprint density at radius 3 is 2.67 bits per heavy atom. The zero-order valence-electron chi connectivity index (χ0n) is 17.6. The first-order chi connectivity index (χ1) is 14.2. The molecule has 0 radical (unpaired) electrons. The molecule has 2 aromatic carbocycles. The number of hydrogen-bond acceptors (Lipinski definition) is 3. The van der Waals surface area contributed by atoms with Crippen molar-refractivity contribution in [1.82, 2.24) is 4.98 Å². The van der Waals surface area contributed by atoms with E-state index in [2.05, 4.69) is 18.8 Å². The third-order valence-electron chi connectivity index (χ3n) is 6.42. The molecule has 0 fully saturated rings. The van der Waals surface area contributed by atoms with Gasteiger partial charge in [-0.3, -0.25) is 9.10 Å². The van der Waals surface area contributed by atoms with Crippen LogP contribution in [-0.2, 0) is 29.3 Å². The van der Waals surface area contributed by atoms with Gasteiger partial charge in [0, 0.05) is 35.1 Å². The van der Waals surface area contributed by atoms with Crippen LogP contribution in [0, 0.1) is 5.41 Å². The Morgan fingerprint density at radius 2 is 1.90 bits per heavy atom. The second-order valence-corrected chi connectivity index (χ2v) is 11.1. The number of nitrogens with zero attached hydrogens (tertiary/aromatic N) is 1. The highest BCUT2D eigenvalue weighted by atomic mass is 32.2. The van der Waals surface area contributed by atoms with Gasteiger partial charge in [-0.15, -0.1) is 0 Å². The molecule has 0 atom stereocenters. The number of carbonyl (C=O) groups excluding carboxylic acids is 1. The molecule has 0 bridgehead atoms. The lowest BCUT2D eigenvalue weighted by molar-refractivity contribution is 0.0913. The quantitative estimate of drug-likeness (QED) is 0.669. The maximum absolute atomic E-state index is 13.7. The fourth-order valence-electron chi connectivity index (χ4n) is 5.03. The minimum Gasteiger partial charge on any atom is -0.358 e. The van der Waals surface area contributed by atoms with Crippen LogP contribution in [0.4, 0.5) is 5.69 Å². The van der Waals surface area contributed by atoms with Crippen LogP contribution in [-0.4, -0.2) is 25.7 Å². The molecule has 3 aromatic rings. The van der Waals surface area contributed by atoms with E-state index in [4.69, 9.17) is 0 Å². The molecule has 1 aliphatic heterocycles. The van der Waals surface area contributed by atoms with E-state index in [1.54, 1.807) is 6.07 Å². The summed E-state index contributed by atoms with van der Waals surface area (Å²) in [4.78, 5) is 16.6. The number of anilines is 1. The Kier molecular flexibility index (Phi) is 4.16. The summed E-state index contributed by atoms with van der Waals surface area (Å²) in [5, 5.41) is 0.850. The number of H-pyrrole nitrogens is 1. The highest BCUT2D eigenvalue weighted by Crippen LogP contribution is 2.40. The van der Waals surface area contributed by atoms with Gasteiger partial charge < -0.3 is 4.98 Å². The van der Waals surface area contributed by atoms with Gasteiger partial charge in [0.1, 0.15) is 0 Å². The number of hydrogen-bond donors (Lipinski definition) is 1. The lowest BCUT2D eigenvalue weighted by atomic mass is 9.76. The summed E-state index contributed by atoms with van der Waals surface area (Å²) in [6.07, 6.45) is 2.60. The Morgan fingerprint density at radius 1 is 1.13 bits per heavy atom. The van der Waals surface area contributed by atoms with Gasteiger partial charge in [-0.1, -0.05) is 39.0 Å². The average molecular weight is 423 g/mol. The normalized spacial score (nSPS) is 18.0. The molecule has 5 rings (SSSR count). The van der Waals surface area contributed by atoms with Crippen LogP contribution in [0.15, 0.2) is 41.3 Å². The summed E-state index contributed by atoms with van der Waals surface area (Å²) in [5.74, 6) is 0.138. The molecule has 2 heterocycles. The average Bonchev–Trinajstić information content (AvgIpc) is 3.26. The zero-order valence-corrected chi connectivity index (χ0v) is 18.4. The number of sulfonamides is 1. The van der Waals surface area contributed by atoms with Gasteiger partial charge in [0.05, 0.1) is 10.6 Å². The molecule has 6 heteroatoms. The maximum atomic E-state index is 13.7. The van der Waals surface area contributed by atoms with Gasteiger partial charge in [-0.25, -0.2) is 8.42 Å². The summed E-state index contributed by atoms with van der Waals surface area (Å²) in [6.45, 7) is 6.61. The van der Waals surface area contributed by atoms with E-state index in [0.717, 1.165) is 51.8 Å². The van der Waals surface area contributed by atoms with E-state index < -0.39 is 10.0 Å². The highest BCUT2D eigenvalue weighted by molar-refractivity contribution is 7.93. The zero-order chi connectivity index (χ0) is 21.3. The Labute approximate surface area is 177 Å². The molecule has 1 aliphatic carbocycles. The number of rotatable bonds is 3. The molecule has 2 aliphatic rings. The van der Waals surface area contributed by atoms with Gasteiger partial charge in [0.25, 0.3) is 10.0 Å². The summed E-state index contributed by atoms with van der Waals surface area (Å²) < 4.78 is 28.9.